The van der Waals surface area contributed by atoms with Gasteiger partial charge < -0.3 is 20.3 Å². The largest absolute Gasteiger partial charge is 0.573 e. The summed E-state index contributed by atoms with van der Waals surface area (Å²) in [5.41, 5.74) is 2.36. The maximum Gasteiger partial charge on any atom is 0.573 e. The first-order valence-corrected chi connectivity index (χ1v) is 10.9. The average Bonchev–Trinajstić information content (AvgIpc) is 2.80. The number of amides is 1. The van der Waals surface area contributed by atoms with Crippen LogP contribution in [-0.4, -0.2) is 35.3 Å². The van der Waals surface area contributed by atoms with Crippen molar-refractivity contribution in [2.75, 3.05) is 28.6 Å². The minimum atomic E-state index is -4.78. The highest BCUT2D eigenvalue weighted by Crippen LogP contribution is 2.24. The smallest absolute Gasteiger partial charge is 0.406 e. The number of anilines is 4. The fourth-order valence-electron chi connectivity index (χ4n) is 3.67. The van der Waals surface area contributed by atoms with Crippen LogP contribution in [0.5, 0.6) is 5.75 Å². The summed E-state index contributed by atoms with van der Waals surface area (Å²) in [7, 11) is 0. The van der Waals surface area contributed by atoms with Gasteiger partial charge in [0.15, 0.2) is 0 Å². The number of rotatable bonds is 6. The molecule has 0 unspecified atom stereocenters. The molecule has 0 spiro atoms. The van der Waals surface area contributed by atoms with E-state index in [1.807, 2.05) is 13.0 Å². The van der Waals surface area contributed by atoms with Crippen molar-refractivity contribution in [1.29, 1.82) is 0 Å². The molecule has 2 aromatic carbocycles. The minimum absolute atomic E-state index is 0.204. The summed E-state index contributed by atoms with van der Waals surface area (Å²) in [6.45, 7) is 3.91. The van der Waals surface area contributed by atoms with E-state index in [2.05, 4.69) is 30.2 Å². The van der Waals surface area contributed by atoms with E-state index in [0.717, 1.165) is 55.3 Å². The molecule has 0 bridgehead atoms. The van der Waals surface area contributed by atoms with Gasteiger partial charge in [0.25, 0.3) is 5.91 Å². The Morgan fingerprint density at radius 2 is 1.59 bits per heavy atom. The minimum Gasteiger partial charge on any atom is -0.406 e. The summed E-state index contributed by atoms with van der Waals surface area (Å²) >= 11 is 0. The lowest BCUT2D eigenvalue weighted by atomic mass is 10.1. The zero-order valence-electron chi connectivity index (χ0n) is 18.5. The van der Waals surface area contributed by atoms with Gasteiger partial charge in [0.2, 0.25) is 5.95 Å². The van der Waals surface area contributed by atoms with Crippen molar-refractivity contribution in [2.24, 2.45) is 0 Å². The van der Waals surface area contributed by atoms with Gasteiger partial charge in [0.05, 0.1) is 0 Å². The van der Waals surface area contributed by atoms with Crippen molar-refractivity contribution in [3.8, 4) is 5.75 Å². The van der Waals surface area contributed by atoms with Crippen LogP contribution in [-0.2, 0) is 0 Å². The van der Waals surface area contributed by atoms with Crippen LogP contribution < -0.4 is 20.3 Å². The molecule has 1 aromatic heterocycles. The van der Waals surface area contributed by atoms with Crippen molar-refractivity contribution in [2.45, 2.75) is 32.5 Å². The molecule has 0 saturated carbocycles. The number of halogens is 3. The Bertz CT molecular complexity index is 1130. The molecule has 1 amide bonds. The van der Waals surface area contributed by atoms with E-state index in [4.69, 9.17) is 0 Å². The summed E-state index contributed by atoms with van der Waals surface area (Å²) in [6, 6.07) is 13.7. The Labute approximate surface area is 195 Å². The summed E-state index contributed by atoms with van der Waals surface area (Å²) in [5, 5.41) is 5.90. The summed E-state index contributed by atoms with van der Waals surface area (Å²) in [5.74, 6) is 0.567. The summed E-state index contributed by atoms with van der Waals surface area (Å²) in [6.07, 6.45) is -1.22. The van der Waals surface area contributed by atoms with Crippen LogP contribution in [0.25, 0.3) is 0 Å². The highest BCUT2D eigenvalue weighted by Gasteiger charge is 2.31. The number of aromatic nitrogens is 2. The lowest BCUT2D eigenvalue weighted by Crippen LogP contribution is -2.30. The van der Waals surface area contributed by atoms with Gasteiger partial charge in [-0.25, -0.2) is 4.98 Å². The third-order valence-corrected chi connectivity index (χ3v) is 5.27. The number of nitrogens with zero attached hydrogens (tertiary/aromatic N) is 3. The molecular weight excluding hydrogens is 447 g/mol. The monoisotopic (exact) mass is 471 g/mol. The van der Waals surface area contributed by atoms with Crippen molar-refractivity contribution in [3.63, 3.8) is 0 Å². The lowest BCUT2D eigenvalue weighted by molar-refractivity contribution is -0.274. The van der Waals surface area contributed by atoms with Crippen LogP contribution in [0.1, 0.15) is 35.3 Å². The molecule has 3 aromatic rings. The zero-order chi connectivity index (χ0) is 24.1. The van der Waals surface area contributed by atoms with Crippen molar-refractivity contribution < 1.29 is 22.7 Å². The molecule has 10 heteroatoms. The molecular formula is C24H24F3N5O2. The van der Waals surface area contributed by atoms with Gasteiger partial charge in [0, 0.05) is 41.8 Å². The normalized spacial score (nSPS) is 13.9. The third kappa shape index (κ3) is 6.37. The number of carbonyl (C=O) groups excluding carboxylic acids is 1. The standard InChI is InChI=1S/C24H24F3N5O2/c1-16-15-21(32-13-3-2-4-14-32)31-23(28-16)30-19-9-7-18(8-10-19)29-22(33)17-5-11-20(12-6-17)34-24(25,26)27/h5-12,15H,2-4,13-14H2,1H3,(H,29,33)(H,28,30,31). The summed E-state index contributed by atoms with van der Waals surface area (Å²) in [4.78, 5) is 23.8. The maximum atomic E-state index is 12.4. The Morgan fingerprint density at radius 1 is 0.941 bits per heavy atom. The van der Waals surface area contributed by atoms with Gasteiger partial charge >= 0.3 is 6.36 Å². The van der Waals surface area contributed by atoms with E-state index in [1.54, 1.807) is 24.3 Å². The molecule has 1 aliphatic heterocycles. The summed E-state index contributed by atoms with van der Waals surface area (Å²) < 4.78 is 40.6. The predicted octanol–water partition coefficient (Wildman–Crippen LogP) is 5.67. The number of hydrogen-bond acceptors (Lipinski definition) is 6. The van der Waals surface area contributed by atoms with Gasteiger partial charge in [0.1, 0.15) is 11.6 Å². The van der Waals surface area contributed by atoms with Crippen LogP contribution in [0, 0.1) is 6.92 Å². The van der Waals surface area contributed by atoms with Crippen LogP contribution in [0.3, 0.4) is 0 Å². The van der Waals surface area contributed by atoms with E-state index in [9.17, 15) is 18.0 Å². The van der Waals surface area contributed by atoms with Crippen molar-refractivity contribution in [1.82, 2.24) is 9.97 Å². The van der Waals surface area contributed by atoms with Gasteiger partial charge in [-0.05, 0) is 74.7 Å². The van der Waals surface area contributed by atoms with Gasteiger partial charge in [-0.1, -0.05) is 0 Å². The van der Waals surface area contributed by atoms with Crippen LogP contribution in [0.2, 0.25) is 0 Å². The fraction of sp³-hybridized carbons (Fsp3) is 0.292. The van der Waals surface area contributed by atoms with Crippen LogP contribution >= 0.6 is 0 Å². The Morgan fingerprint density at radius 3 is 2.24 bits per heavy atom. The van der Waals surface area contributed by atoms with Gasteiger partial charge in [-0.3, -0.25) is 4.79 Å². The first kappa shape index (κ1) is 23.3. The molecule has 1 saturated heterocycles. The Balaban J connectivity index is 1.38. The van der Waals surface area contributed by atoms with E-state index < -0.39 is 12.3 Å². The Kier molecular flexibility index (Phi) is 6.85. The van der Waals surface area contributed by atoms with Gasteiger partial charge in [-0.2, -0.15) is 4.98 Å². The van der Waals surface area contributed by atoms with Crippen molar-refractivity contribution in [3.05, 3.63) is 65.9 Å². The van der Waals surface area contributed by atoms with E-state index in [1.165, 1.54) is 18.6 Å². The number of hydrogen-bond donors (Lipinski definition) is 2. The molecule has 2 heterocycles. The quantitative estimate of drug-likeness (QED) is 0.482. The number of aryl methyl sites for hydroxylation is 1. The SMILES string of the molecule is Cc1cc(N2CCCCC2)nc(Nc2ccc(NC(=O)c3ccc(OC(F)(F)F)cc3)cc2)n1. The maximum absolute atomic E-state index is 12.4. The number of ether oxygens (including phenoxy) is 1. The first-order chi connectivity index (χ1) is 16.2. The molecule has 1 aliphatic rings. The Hall–Kier alpha value is -3.82. The average molecular weight is 471 g/mol. The molecule has 7 nitrogen and oxygen atoms in total. The van der Waals surface area contributed by atoms with Gasteiger partial charge in [-0.15, -0.1) is 13.2 Å². The molecule has 4 rings (SSSR count). The second kappa shape index (κ2) is 9.98. The highest BCUT2D eigenvalue weighted by molar-refractivity contribution is 6.04. The molecule has 0 aliphatic carbocycles. The number of nitrogens with one attached hydrogen (secondary N) is 2. The third-order valence-electron chi connectivity index (χ3n) is 5.27. The van der Waals surface area contributed by atoms with E-state index >= 15 is 0 Å². The van der Waals surface area contributed by atoms with E-state index in [-0.39, 0.29) is 11.3 Å². The molecule has 1 fully saturated rings. The second-order valence-electron chi connectivity index (χ2n) is 7.97. The highest BCUT2D eigenvalue weighted by atomic mass is 19.4. The lowest BCUT2D eigenvalue weighted by Gasteiger charge is -2.28. The molecule has 0 radical (unpaired) electrons. The van der Waals surface area contributed by atoms with Crippen molar-refractivity contribution >= 4 is 29.0 Å². The molecule has 2 N–H and O–H groups in total. The predicted molar refractivity (Wildman–Crippen MR) is 124 cm³/mol. The topological polar surface area (TPSA) is 79.4 Å². The molecule has 34 heavy (non-hydrogen) atoms. The number of piperidine rings is 1. The number of benzene rings is 2. The van der Waals surface area contributed by atoms with Crippen LogP contribution in [0.4, 0.5) is 36.3 Å². The second-order valence-corrected chi connectivity index (χ2v) is 7.97. The first-order valence-electron chi connectivity index (χ1n) is 10.9. The number of carbonyl (C=O) groups is 1. The molecule has 0 atom stereocenters. The van der Waals surface area contributed by atoms with Crippen LogP contribution in [0.15, 0.2) is 54.6 Å². The van der Waals surface area contributed by atoms with E-state index in [0.29, 0.717) is 11.6 Å². The zero-order valence-corrected chi connectivity index (χ0v) is 18.5. The molecule has 178 valence electrons. The number of alkyl halides is 3. The fourth-order valence-corrected chi connectivity index (χ4v) is 3.67.